The van der Waals surface area contributed by atoms with Gasteiger partial charge in [0.05, 0.1) is 18.1 Å². The standard InChI is InChI=1S/C19H23F3N2O3/c20-19(21,22)16-5-3-13(4-6-16)10-14-2-1-8-24(12-14)17(25)15-7-9-27-18(26)23-11-15/h3-6,14-15H,1-2,7-12H2,(H,23,26)/t14-,15+/m0/s1. The predicted molar refractivity (Wildman–Crippen MR) is 91.9 cm³/mol. The van der Waals surface area contributed by atoms with Crippen LogP contribution in [0.3, 0.4) is 0 Å². The van der Waals surface area contributed by atoms with Crippen LogP contribution in [0.4, 0.5) is 18.0 Å². The quantitative estimate of drug-likeness (QED) is 0.871. The summed E-state index contributed by atoms with van der Waals surface area (Å²) >= 11 is 0. The van der Waals surface area contributed by atoms with Gasteiger partial charge in [-0.15, -0.1) is 0 Å². The number of hydrogen-bond donors (Lipinski definition) is 1. The summed E-state index contributed by atoms with van der Waals surface area (Å²) in [7, 11) is 0. The van der Waals surface area contributed by atoms with Crippen molar-refractivity contribution < 1.29 is 27.5 Å². The van der Waals surface area contributed by atoms with Gasteiger partial charge in [0.1, 0.15) is 0 Å². The Kier molecular flexibility index (Phi) is 5.92. The van der Waals surface area contributed by atoms with Crippen LogP contribution in [0.15, 0.2) is 24.3 Å². The third kappa shape index (κ3) is 5.14. The number of rotatable bonds is 3. The maximum Gasteiger partial charge on any atom is 0.416 e. The van der Waals surface area contributed by atoms with Crippen molar-refractivity contribution in [2.75, 3.05) is 26.2 Å². The van der Waals surface area contributed by atoms with Crippen LogP contribution in [0.25, 0.3) is 0 Å². The van der Waals surface area contributed by atoms with Gasteiger partial charge in [-0.2, -0.15) is 13.2 Å². The first kappa shape index (κ1) is 19.5. The van der Waals surface area contributed by atoms with Crippen LogP contribution < -0.4 is 5.32 Å². The molecule has 5 nitrogen and oxygen atoms in total. The molecule has 2 aliphatic heterocycles. The van der Waals surface area contributed by atoms with Gasteiger partial charge in [-0.25, -0.2) is 4.79 Å². The van der Waals surface area contributed by atoms with E-state index < -0.39 is 17.8 Å². The lowest BCUT2D eigenvalue weighted by molar-refractivity contribution is -0.138. The van der Waals surface area contributed by atoms with Gasteiger partial charge in [0.2, 0.25) is 5.91 Å². The van der Waals surface area contributed by atoms with Crippen molar-refractivity contribution >= 4 is 12.0 Å². The van der Waals surface area contributed by atoms with Crippen LogP contribution in [0.2, 0.25) is 0 Å². The van der Waals surface area contributed by atoms with E-state index in [-0.39, 0.29) is 30.9 Å². The van der Waals surface area contributed by atoms with Gasteiger partial charge in [0.25, 0.3) is 0 Å². The maximum absolute atomic E-state index is 12.8. The Morgan fingerprint density at radius 1 is 1.22 bits per heavy atom. The number of nitrogens with zero attached hydrogens (tertiary/aromatic N) is 1. The van der Waals surface area contributed by atoms with E-state index in [0.717, 1.165) is 30.5 Å². The number of hydrogen-bond acceptors (Lipinski definition) is 3. The van der Waals surface area contributed by atoms with Gasteiger partial charge >= 0.3 is 12.3 Å². The van der Waals surface area contributed by atoms with Gasteiger partial charge in [-0.05, 0) is 49.3 Å². The van der Waals surface area contributed by atoms with E-state index in [9.17, 15) is 22.8 Å². The van der Waals surface area contributed by atoms with E-state index >= 15 is 0 Å². The Morgan fingerprint density at radius 2 is 1.96 bits per heavy atom. The number of halogens is 3. The molecule has 2 heterocycles. The van der Waals surface area contributed by atoms with Gasteiger partial charge in [-0.3, -0.25) is 4.79 Å². The van der Waals surface area contributed by atoms with E-state index in [1.807, 2.05) is 4.90 Å². The number of likely N-dealkylation sites (tertiary alicyclic amines) is 1. The molecule has 27 heavy (non-hydrogen) atoms. The molecule has 1 aromatic rings. The fourth-order valence-corrected chi connectivity index (χ4v) is 3.72. The van der Waals surface area contributed by atoms with E-state index in [1.165, 1.54) is 12.1 Å². The molecule has 2 fully saturated rings. The molecule has 0 unspecified atom stereocenters. The highest BCUT2D eigenvalue weighted by molar-refractivity contribution is 5.80. The number of piperidine rings is 1. The number of ether oxygens (including phenoxy) is 1. The minimum Gasteiger partial charge on any atom is -0.450 e. The molecule has 2 aliphatic rings. The molecule has 8 heteroatoms. The second-order valence-corrected chi connectivity index (χ2v) is 7.19. The molecule has 1 aromatic carbocycles. The zero-order valence-corrected chi connectivity index (χ0v) is 14.9. The summed E-state index contributed by atoms with van der Waals surface area (Å²) in [6.07, 6.45) is -1.87. The Morgan fingerprint density at radius 3 is 2.67 bits per heavy atom. The van der Waals surface area contributed by atoms with Crippen molar-refractivity contribution in [3.8, 4) is 0 Å². The number of amides is 2. The van der Waals surface area contributed by atoms with Crippen LogP contribution in [0, 0.1) is 11.8 Å². The van der Waals surface area contributed by atoms with Crippen LogP contribution in [-0.2, 0) is 22.1 Å². The van der Waals surface area contributed by atoms with Gasteiger partial charge in [0, 0.05) is 19.6 Å². The van der Waals surface area contributed by atoms with Crippen LogP contribution in [-0.4, -0.2) is 43.1 Å². The average Bonchev–Trinajstić information content (AvgIpc) is 2.85. The van der Waals surface area contributed by atoms with E-state index in [0.29, 0.717) is 25.9 Å². The highest BCUT2D eigenvalue weighted by Gasteiger charge is 2.32. The highest BCUT2D eigenvalue weighted by atomic mass is 19.4. The molecule has 2 atom stereocenters. The Labute approximate surface area is 155 Å². The fraction of sp³-hybridized carbons (Fsp3) is 0.579. The van der Waals surface area contributed by atoms with Crippen molar-refractivity contribution in [1.29, 1.82) is 0 Å². The number of benzene rings is 1. The Balaban J connectivity index is 1.57. The van der Waals surface area contributed by atoms with Crippen molar-refractivity contribution in [2.24, 2.45) is 11.8 Å². The molecule has 3 rings (SSSR count). The summed E-state index contributed by atoms with van der Waals surface area (Å²) < 4.78 is 42.9. The number of nitrogens with one attached hydrogen (secondary N) is 1. The third-order valence-corrected chi connectivity index (χ3v) is 5.18. The zero-order chi connectivity index (χ0) is 19.4. The maximum atomic E-state index is 12.8. The minimum atomic E-state index is -4.33. The molecule has 0 radical (unpaired) electrons. The molecular weight excluding hydrogens is 361 g/mol. The molecule has 0 spiro atoms. The average molecular weight is 384 g/mol. The van der Waals surface area contributed by atoms with E-state index in [4.69, 9.17) is 4.74 Å². The van der Waals surface area contributed by atoms with Crippen molar-refractivity contribution in [3.63, 3.8) is 0 Å². The molecular formula is C19H23F3N2O3. The first-order chi connectivity index (χ1) is 12.8. The van der Waals surface area contributed by atoms with E-state index in [2.05, 4.69) is 5.32 Å². The lowest BCUT2D eigenvalue weighted by Gasteiger charge is -2.35. The summed E-state index contributed by atoms with van der Waals surface area (Å²) in [5.41, 5.74) is 0.196. The van der Waals surface area contributed by atoms with Crippen molar-refractivity contribution in [1.82, 2.24) is 10.2 Å². The first-order valence-electron chi connectivity index (χ1n) is 9.18. The largest absolute Gasteiger partial charge is 0.450 e. The summed E-state index contributed by atoms with van der Waals surface area (Å²) in [5.74, 6) is -0.0600. The number of carbonyl (C=O) groups excluding carboxylic acids is 2. The fourth-order valence-electron chi connectivity index (χ4n) is 3.72. The third-order valence-electron chi connectivity index (χ3n) is 5.18. The number of alkyl carbamates (subject to hydrolysis) is 1. The first-order valence-corrected chi connectivity index (χ1v) is 9.18. The molecule has 0 saturated carbocycles. The predicted octanol–water partition coefficient (Wildman–Crippen LogP) is 3.23. The second kappa shape index (κ2) is 8.19. The van der Waals surface area contributed by atoms with Crippen molar-refractivity contribution in [2.45, 2.75) is 31.9 Å². The Bertz CT molecular complexity index is 676. The monoisotopic (exact) mass is 384 g/mol. The molecule has 1 N–H and O–H groups in total. The number of carbonyl (C=O) groups is 2. The van der Waals surface area contributed by atoms with Crippen LogP contribution in [0.5, 0.6) is 0 Å². The van der Waals surface area contributed by atoms with Gasteiger partial charge in [-0.1, -0.05) is 12.1 Å². The van der Waals surface area contributed by atoms with Crippen LogP contribution in [0.1, 0.15) is 30.4 Å². The number of alkyl halides is 3. The second-order valence-electron chi connectivity index (χ2n) is 7.19. The number of cyclic esters (lactones) is 1. The summed E-state index contributed by atoms with van der Waals surface area (Å²) in [6.45, 7) is 1.77. The molecule has 0 bridgehead atoms. The lowest BCUT2D eigenvalue weighted by atomic mass is 9.90. The summed E-state index contributed by atoms with van der Waals surface area (Å²) in [5, 5.41) is 2.58. The lowest BCUT2D eigenvalue weighted by Crippen LogP contribution is -2.45. The Hall–Kier alpha value is -2.25. The van der Waals surface area contributed by atoms with Crippen molar-refractivity contribution in [3.05, 3.63) is 35.4 Å². The highest BCUT2D eigenvalue weighted by Crippen LogP contribution is 2.30. The molecule has 2 saturated heterocycles. The van der Waals surface area contributed by atoms with Gasteiger partial charge in [0.15, 0.2) is 0 Å². The molecule has 0 aromatic heterocycles. The molecule has 2 amide bonds. The topological polar surface area (TPSA) is 58.6 Å². The minimum absolute atomic E-state index is 0.0120. The van der Waals surface area contributed by atoms with E-state index in [1.54, 1.807) is 0 Å². The van der Waals surface area contributed by atoms with Gasteiger partial charge < -0.3 is 15.0 Å². The SMILES string of the molecule is O=C1NC[C@H](C(=O)N2CCC[C@@H](Cc3ccc(C(F)(F)F)cc3)C2)CCO1. The summed E-state index contributed by atoms with van der Waals surface area (Å²) in [4.78, 5) is 25.8. The van der Waals surface area contributed by atoms with Crippen LogP contribution >= 0.6 is 0 Å². The smallest absolute Gasteiger partial charge is 0.416 e. The zero-order valence-electron chi connectivity index (χ0n) is 14.9. The molecule has 0 aliphatic carbocycles. The normalized spacial score (nSPS) is 24.0. The summed E-state index contributed by atoms with van der Waals surface area (Å²) in [6, 6.07) is 5.24. The molecule has 148 valence electrons.